The van der Waals surface area contributed by atoms with Crippen LogP contribution in [-0.2, 0) is 9.59 Å². The summed E-state index contributed by atoms with van der Waals surface area (Å²) in [5.74, 6) is -0.0789. The number of rotatable bonds is 6. The van der Waals surface area contributed by atoms with Crippen LogP contribution >= 0.6 is 0 Å². The SMILES string of the molecule is CCOc1ccc(NC(=O)C(=O)Nc2ccc(OCC)cc2)cc1. The highest BCUT2D eigenvalue weighted by Gasteiger charge is 2.14. The lowest BCUT2D eigenvalue weighted by molar-refractivity contribution is -0.132. The number of nitrogens with one attached hydrogen (secondary N) is 2. The zero-order valence-electron chi connectivity index (χ0n) is 13.7. The van der Waals surface area contributed by atoms with E-state index in [0.717, 1.165) is 0 Å². The van der Waals surface area contributed by atoms with Gasteiger partial charge in [-0.15, -0.1) is 0 Å². The highest BCUT2D eigenvalue weighted by atomic mass is 16.5. The zero-order valence-corrected chi connectivity index (χ0v) is 13.7. The molecule has 0 radical (unpaired) electrons. The molecular weight excluding hydrogens is 308 g/mol. The first kappa shape index (κ1) is 17.3. The van der Waals surface area contributed by atoms with Crippen molar-refractivity contribution in [3.63, 3.8) is 0 Å². The maximum absolute atomic E-state index is 11.9. The van der Waals surface area contributed by atoms with Gasteiger partial charge >= 0.3 is 11.8 Å². The fraction of sp³-hybridized carbons (Fsp3) is 0.222. The van der Waals surface area contributed by atoms with Crippen molar-refractivity contribution in [3.05, 3.63) is 48.5 Å². The summed E-state index contributed by atoms with van der Waals surface area (Å²) in [6.45, 7) is 4.91. The van der Waals surface area contributed by atoms with Gasteiger partial charge < -0.3 is 20.1 Å². The average molecular weight is 328 g/mol. The summed E-state index contributed by atoms with van der Waals surface area (Å²) in [7, 11) is 0. The molecular formula is C18H20N2O4. The van der Waals surface area contributed by atoms with E-state index in [-0.39, 0.29) is 0 Å². The van der Waals surface area contributed by atoms with E-state index >= 15 is 0 Å². The predicted octanol–water partition coefficient (Wildman–Crippen LogP) is 3.06. The first-order valence-electron chi connectivity index (χ1n) is 7.70. The second-order valence-electron chi connectivity index (χ2n) is 4.82. The van der Waals surface area contributed by atoms with E-state index in [9.17, 15) is 9.59 Å². The van der Waals surface area contributed by atoms with Crippen LogP contribution in [0.25, 0.3) is 0 Å². The number of amides is 2. The van der Waals surface area contributed by atoms with E-state index in [1.54, 1.807) is 48.5 Å². The molecule has 0 saturated carbocycles. The van der Waals surface area contributed by atoms with Crippen molar-refractivity contribution >= 4 is 23.2 Å². The van der Waals surface area contributed by atoms with Gasteiger partial charge in [-0.2, -0.15) is 0 Å². The fourth-order valence-corrected chi connectivity index (χ4v) is 1.98. The largest absolute Gasteiger partial charge is 0.494 e. The summed E-state index contributed by atoms with van der Waals surface area (Å²) >= 11 is 0. The second kappa shape index (κ2) is 8.57. The quantitative estimate of drug-likeness (QED) is 0.799. The molecule has 0 aliphatic rings. The van der Waals surface area contributed by atoms with Gasteiger partial charge in [-0.25, -0.2) is 0 Å². The van der Waals surface area contributed by atoms with Crippen LogP contribution in [0.5, 0.6) is 11.5 Å². The van der Waals surface area contributed by atoms with Crippen molar-refractivity contribution in [2.75, 3.05) is 23.8 Å². The van der Waals surface area contributed by atoms with Crippen molar-refractivity contribution in [2.24, 2.45) is 0 Å². The third kappa shape index (κ3) is 5.01. The summed E-state index contributed by atoms with van der Waals surface area (Å²) in [6.07, 6.45) is 0. The molecule has 0 bridgehead atoms. The Hall–Kier alpha value is -3.02. The highest BCUT2D eigenvalue weighted by molar-refractivity contribution is 6.43. The van der Waals surface area contributed by atoms with Crippen molar-refractivity contribution in [3.8, 4) is 11.5 Å². The number of hydrogen-bond acceptors (Lipinski definition) is 4. The van der Waals surface area contributed by atoms with E-state index in [4.69, 9.17) is 9.47 Å². The van der Waals surface area contributed by atoms with Crippen molar-refractivity contribution in [1.82, 2.24) is 0 Å². The van der Waals surface area contributed by atoms with Gasteiger partial charge in [-0.3, -0.25) is 9.59 Å². The summed E-state index contributed by atoms with van der Waals surface area (Å²) < 4.78 is 10.6. The molecule has 0 unspecified atom stereocenters. The molecule has 0 fully saturated rings. The molecule has 0 aliphatic heterocycles. The molecule has 24 heavy (non-hydrogen) atoms. The third-order valence-corrected chi connectivity index (χ3v) is 3.05. The van der Waals surface area contributed by atoms with Crippen LogP contribution in [0.2, 0.25) is 0 Å². The highest BCUT2D eigenvalue weighted by Crippen LogP contribution is 2.17. The van der Waals surface area contributed by atoms with E-state index in [0.29, 0.717) is 36.1 Å². The molecule has 126 valence electrons. The molecule has 0 aromatic heterocycles. The number of hydrogen-bond donors (Lipinski definition) is 2. The Morgan fingerprint density at radius 2 is 1.04 bits per heavy atom. The first-order valence-corrected chi connectivity index (χ1v) is 7.70. The summed E-state index contributed by atoms with van der Waals surface area (Å²) in [6, 6.07) is 13.6. The second-order valence-corrected chi connectivity index (χ2v) is 4.82. The van der Waals surface area contributed by atoms with Crippen molar-refractivity contribution in [2.45, 2.75) is 13.8 Å². The molecule has 6 nitrogen and oxygen atoms in total. The normalized spacial score (nSPS) is 9.92. The smallest absolute Gasteiger partial charge is 0.314 e. The van der Waals surface area contributed by atoms with Gasteiger partial charge in [0.2, 0.25) is 0 Å². The average Bonchev–Trinajstić information content (AvgIpc) is 2.59. The molecule has 0 saturated heterocycles. The Kier molecular flexibility index (Phi) is 6.19. The number of benzene rings is 2. The van der Waals surface area contributed by atoms with Crippen molar-refractivity contribution < 1.29 is 19.1 Å². The molecule has 6 heteroatoms. The number of carbonyl (C=O) groups excluding carboxylic acids is 2. The fourth-order valence-electron chi connectivity index (χ4n) is 1.98. The van der Waals surface area contributed by atoms with Gasteiger partial charge in [0.15, 0.2) is 0 Å². The third-order valence-electron chi connectivity index (χ3n) is 3.05. The van der Waals surface area contributed by atoms with Crippen LogP contribution in [0.3, 0.4) is 0 Å². The molecule has 2 N–H and O–H groups in total. The topological polar surface area (TPSA) is 76.7 Å². The van der Waals surface area contributed by atoms with Gasteiger partial charge in [0.25, 0.3) is 0 Å². The molecule has 2 amide bonds. The minimum absolute atomic E-state index is 0.519. The van der Waals surface area contributed by atoms with Crippen LogP contribution in [0, 0.1) is 0 Å². The number of anilines is 2. The van der Waals surface area contributed by atoms with Gasteiger partial charge in [-0.05, 0) is 62.4 Å². The standard InChI is InChI=1S/C18H20N2O4/c1-3-23-15-9-5-13(6-10-15)19-17(21)18(22)20-14-7-11-16(12-8-14)24-4-2/h5-12H,3-4H2,1-2H3,(H,19,21)(H,20,22). The molecule has 0 spiro atoms. The lowest BCUT2D eigenvalue weighted by Gasteiger charge is -2.08. The maximum atomic E-state index is 11.9. The Morgan fingerprint density at radius 1 is 0.708 bits per heavy atom. The van der Waals surface area contributed by atoms with E-state index in [2.05, 4.69) is 10.6 Å². The predicted molar refractivity (Wildman–Crippen MR) is 92.5 cm³/mol. The van der Waals surface area contributed by atoms with Gasteiger partial charge in [-0.1, -0.05) is 0 Å². The molecule has 0 aliphatic carbocycles. The van der Waals surface area contributed by atoms with Crippen LogP contribution in [0.4, 0.5) is 11.4 Å². The Morgan fingerprint density at radius 3 is 1.33 bits per heavy atom. The summed E-state index contributed by atoms with van der Waals surface area (Å²) in [5.41, 5.74) is 1.04. The number of ether oxygens (including phenoxy) is 2. The Labute approximate surface area is 140 Å². The lowest BCUT2D eigenvalue weighted by atomic mass is 10.3. The maximum Gasteiger partial charge on any atom is 0.314 e. The molecule has 2 aromatic carbocycles. The van der Waals surface area contributed by atoms with Crippen LogP contribution in [-0.4, -0.2) is 25.0 Å². The van der Waals surface area contributed by atoms with Crippen LogP contribution < -0.4 is 20.1 Å². The van der Waals surface area contributed by atoms with Crippen LogP contribution in [0.15, 0.2) is 48.5 Å². The molecule has 0 heterocycles. The van der Waals surface area contributed by atoms with E-state index in [1.165, 1.54) is 0 Å². The molecule has 0 atom stereocenters. The van der Waals surface area contributed by atoms with Crippen LogP contribution in [0.1, 0.15) is 13.8 Å². The number of carbonyl (C=O) groups is 2. The molecule has 2 rings (SSSR count). The van der Waals surface area contributed by atoms with E-state index < -0.39 is 11.8 Å². The van der Waals surface area contributed by atoms with Gasteiger partial charge in [0.1, 0.15) is 11.5 Å². The first-order chi connectivity index (χ1) is 11.6. The minimum Gasteiger partial charge on any atom is -0.494 e. The monoisotopic (exact) mass is 328 g/mol. The van der Waals surface area contributed by atoms with E-state index in [1.807, 2.05) is 13.8 Å². The van der Waals surface area contributed by atoms with Crippen molar-refractivity contribution in [1.29, 1.82) is 0 Å². The Balaban J connectivity index is 1.90. The van der Waals surface area contributed by atoms with Gasteiger partial charge in [0, 0.05) is 11.4 Å². The summed E-state index contributed by atoms with van der Waals surface area (Å²) in [5, 5.41) is 5.06. The minimum atomic E-state index is -0.743. The lowest BCUT2D eigenvalue weighted by Crippen LogP contribution is -2.29. The summed E-state index contributed by atoms with van der Waals surface area (Å²) in [4.78, 5) is 23.8. The zero-order chi connectivity index (χ0) is 17.4. The molecule has 2 aromatic rings. The Bertz CT molecular complexity index is 620. The van der Waals surface area contributed by atoms with Gasteiger partial charge in [0.05, 0.1) is 13.2 Å².